The van der Waals surface area contributed by atoms with Crippen LogP contribution >= 0.6 is 0 Å². The molecule has 1 aromatic carbocycles. The van der Waals surface area contributed by atoms with Crippen LogP contribution in [-0.2, 0) is 9.53 Å². The van der Waals surface area contributed by atoms with E-state index in [4.69, 9.17) is 10.00 Å². The summed E-state index contributed by atoms with van der Waals surface area (Å²) < 4.78 is 4.70. The lowest BCUT2D eigenvalue weighted by atomic mass is 10.1. The van der Waals surface area contributed by atoms with Gasteiger partial charge in [-0.2, -0.15) is 5.26 Å². The van der Waals surface area contributed by atoms with E-state index in [0.29, 0.717) is 12.1 Å². The van der Waals surface area contributed by atoms with Crippen LogP contribution in [0.1, 0.15) is 18.1 Å². The highest BCUT2D eigenvalue weighted by Crippen LogP contribution is 2.18. The Kier molecular flexibility index (Phi) is 4.73. The zero-order chi connectivity index (χ0) is 13.7. The van der Waals surface area contributed by atoms with E-state index in [-0.39, 0.29) is 11.9 Å². The summed E-state index contributed by atoms with van der Waals surface area (Å²) in [6.45, 7) is 4.32. The van der Waals surface area contributed by atoms with Crippen LogP contribution in [0.2, 0.25) is 0 Å². The van der Waals surface area contributed by atoms with Gasteiger partial charge in [-0.3, -0.25) is 4.79 Å². The molecule has 0 fully saturated rings. The number of benzene rings is 1. The Bertz CT molecular complexity index is 477. The molecule has 0 aromatic heterocycles. The van der Waals surface area contributed by atoms with Gasteiger partial charge in [-0.25, -0.2) is 0 Å². The van der Waals surface area contributed by atoms with E-state index in [9.17, 15) is 4.79 Å². The highest BCUT2D eigenvalue weighted by Gasteiger charge is 2.16. The first-order valence-electron chi connectivity index (χ1n) is 5.79. The molecule has 4 nitrogen and oxygen atoms in total. The topological polar surface area (TPSA) is 53.3 Å². The Labute approximate surface area is 108 Å². The number of aryl methyl sites for hydroxylation is 1. The summed E-state index contributed by atoms with van der Waals surface area (Å²) in [6, 6.07) is 7.76. The lowest BCUT2D eigenvalue weighted by Crippen LogP contribution is -2.29. The van der Waals surface area contributed by atoms with Crippen LogP contribution in [0.25, 0.3) is 0 Å². The molecular formula is C14H18N2O2. The number of nitrogens with zero attached hydrogens (tertiary/aromatic N) is 2. The summed E-state index contributed by atoms with van der Waals surface area (Å²) in [7, 11) is 3.31. The molecule has 0 aliphatic carbocycles. The molecule has 1 aromatic rings. The van der Waals surface area contributed by atoms with Crippen LogP contribution in [0.5, 0.6) is 0 Å². The minimum atomic E-state index is -0.216. The molecule has 0 spiro atoms. The van der Waals surface area contributed by atoms with Crippen molar-refractivity contribution < 1.29 is 9.53 Å². The smallest absolute Gasteiger partial charge is 0.310 e. The molecule has 0 saturated heterocycles. The first kappa shape index (κ1) is 14.0. The Morgan fingerprint density at radius 2 is 2.22 bits per heavy atom. The number of ether oxygens (including phenoxy) is 1. The zero-order valence-electron chi connectivity index (χ0n) is 11.2. The van der Waals surface area contributed by atoms with Gasteiger partial charge in [-0.05, 0) is 30.7 Å². The van der Waals surface area contributed by atoms with E-state index < -0.39 is 0 Å². The SMILES string of the molecule is COC(=O)C(C)CN(C)c1ccc(C#N)c(C)c1. The number of hydrogen-bond acceptors (Lipinski definition) is 4. The first-order valence-corrected chi connectivity index (χ1v) is 5.79. The number of anilines is 1. The quantitative estimate of drug-likeness (QED) is 0.763. The van der Waals surface area contributed by atoms with Gasteiger partial charge in [0.15, 0.2) is 0 Å². The van der Waals surface area contributed by atoms with Crippen molar-refractivity contribution in [2.45, 2.75) is 13.8 Å². The zero-order valence-corrected chi connectivity index (χ0v) is 11.2. The van der Waals surface area contributed by atoms with Gasteiger partial charge >= 0.3 is 5.97 Å². The lowest BCUT2D eigenvalue weighted by Gasteiger charge is -2.22. The van der Waals surface area contributed by atoms with Crippen molar-refractivity contribution in [3.05, 3.63) is 29.3 Å². The maximum atomic E-state index is 11.4. The third kappa shape index (κ3) is 3.24. The minimum absolute atomic E-state index is 0.184. The number of rotatable bonds is 4. The van der Waals surface area contributed by atoms with Crippen molar-refractivity contribution in [1.29, 1.82) is 5.26 Å². The third-order valence-corrected chi connectivity index (χ3v) is 2.92. The molecule has 0 saturated carbocycles. The van der Waals surface area contributed by atoms with Gasteiger partial charge in [0.1, 0.15) is 0 Å². The number of carbonyl (C=O) groups excluding carboxylic acids is 1. The molecule has 0 heterocycles. The summed E-state index contributed by atoms with van der Waals surface area (Å²) in [6.07, 6.45) is 0. The fourth-order valence-electron chi connectivity index (χ4n) is 1.80. The van der Waals surface area contributed by atoms with Crippen LogP contribution in [0.4, 0.5) is 5.69 Å². The molecule has 0 N–H and O–H groups in total. The number of esters is 1. The Hall–Kier alpha value is -2.02. The average Bonchev–Trinajstić information content (AvgIpc) is 2.37. The molecule has 0 radical (unpaired) electrons. The molecule has 0 amide bonds. The predicted molar refractivity (Wildman–Crippen MR) is 70.3 cm³/mol. The molecule has 0 aliphatic heterocycles. The number of hydrogen-bond donors (Lipinski definition) is 0. The van der Waals surface area contributed by atoms with Gasteiger partial charge in [0, 0.05) is 19.3 Å². The van der Waals surface area contributed by atoms with E-state index in [1.807, 2.05) is 37.9 Å². The second-order valence-electron chi connectivity index (χ2n) is 4.42. The Morgan fingerprint density at radius 3 is 2.72 bits per heavy atom. The average molecular weight is 246 g/mol. The summed E-state index contributed by atoms with van der Waals surface area (Å²) in [5.74, 6) is -0.400. The molecular weight excluding hydrogens is 228 g/mol. The van der Waals surface area contributed by atoms with E-state index in [0.717, 1.165) is 11.3 Å². The summed E-state index contributed by atoms with van der Waals surface area (Å²) in [5, 5.41) is 8.87. The van der Waals surface area contributed by atoms with E-state index in [1.165, 1.54) is 7.11 Å². The maximum Gasteiger partial charge on any atom is 0.310 e. The normalized spacial score (nSPS) is 11.5. The number of nitriles is 1. The van der Waals surface area contributed by atoms with E-state index >= 15 is 0 Å². The maximum absolute atomic E-state index is 11.4. The second-order valence-corrected chi connectivity index (χ2v) is 4.42. The van der Waals surface area contributed by atoms with Crippen LogP contribution in [0, 0.1) is 24.2 Å². The van der Waals surface area contributed by atoms with Crippen molar-refractivity contribution in [1.82, 2.24) is 0 Å². The molecule has 1 atom stereocenters. The molecule has 96 valence electrons. The minimum Gasteiger partial charge on any atom is -0.469 e. The van der Waals surface area contributed by atoms with Crippen molar-refractivity contribution in [3.63, 3.8) is 0 Å². The summed E-state index contributed by atoms with van der Waals surface area (Å²) in [5.41, 5.74) is 2.60. The van der Waals surface area contributed by atoms with Gasteiger partial charge < -0.3 is 9.64 Å². The molecule has 0 bridgehead atoms. The highest BCUT2D eigenvalue weighted by atomic mass is 16.5. The molecule has 1 unspecified atom stereocenters. The summed E-state index contributed by atoms with van der Waals surface area (Å²) >= 11 is 0. The summed E-state index contributed by atoms with van der Waals surface area (Å²) in [4.78, 5) is 13.3. The van der Waals surface area contributed by atoms with Crippen LogP contribution in [0.3, 0.4) is 0 Å². The molecule has 0 aliphatic rings. The van der Waals surface area contributed by atoms with Gasteiger partial charge in [-0.15, -0.1) is 0 Å². The fraction of sp³-hybridized carbons (Fsp3) is 0.429. The predicted octanol–water partition coefficient (Wildman–Crippen LogP) is 2.11. The van der Waals surface area contributed by atoms with Gasteiger partial charge in [-0.1, -0.05) is 6.92 Å². The number of carbonyl (C=O) groups is 1. The lowest BCUT2D eigenvalue weighted by molar-refractivity contribution is -0.144. The highest BCUT2D eigenvalue weighted by molar-refractivity contribution is 5.72. The second kappa shape index (κ2) is 6.06. The van der Waals surface area contributed by atoms with E-state index in [2.05, 4.69) is 6.07 Å². The van der Waals surface area contributed by atoms with Crippen molar-refractivity contribution >= 4 is 11.7 Å². The van der Waals surface area contributed by atoms with Crippen molar-refractivity contribution in [2.75, 3.05) is 25.6 Å². The van der Waals surface area contributed by atoms with Gasteiger partial charge in [0.05, 0.1) is 24.7 Å². The standard InChI is InChI=1S/C14H18N2O2/c1-10-7-13(6-5-12(10)8-15)16(3)9-11(2)14(17)18-4/h5-7,11H,9H2,1-4H3. The Balaban J connectivity index is 2.79. The molecule has 4 heteroatoms. The van der Waals surface area contributed by atoms with Crippen LogP contribution in [0.15, 0.2) is 18.2 Å². The third-order valence-electron chi connectivity index (χ3n) is 2.92. The monoisotopic (exact) mass is 246 g/mol. The Morgan fingerprint density at radius 1 is 1.56 bits per heavy atom. The van der Waals surface area contributed by atoms with Crippen molar-refractivity contribution in [2.24, 2.45) is 5.92 Å². The van der Waals surface area contributed by atoms with E-state index in [1.54, 1.807) is 6.07 Å². The van der Waals surface area contributed by atoms with Crippen molar-refractivity contribution in [3.8, 4) is 6.07 Å². The largest absolute Gasteiger partial charge is 0.469 e. The number of methoxy groups -OCH3 is 1. The first-order chi connectivity index (χ1) is 8.49. The molecule has 18 heavy (non-hydrogen) atoms. The fourth-order valence-corrected chi connectivity index (χ4v) is 1.80. The van der Waals surface area contributed by atoms with Crippen LogP contribution < -0.4 is 4.90 Å². The van der Waals surface area contributed by atoms with Crippen LogP contribution in [-0.4, -0.2) is 26.7 Å². The molecule has 1 rings (SSSR count). The van der Waals surface area contributed by atoms with Gasteiger partial charge in [0.2, 0.25) is 0 Å². The van der Waals surface area contributed by atoms with Gasteiger partial charge in [0.25, 0.3) is 0 Å².